The number of hydrogen-bond donors (Lipinski definition) is 1. The number of nitrogens with one attached hydrogen (secondary N) is 1. The largest absolute Gasteiger partial charge is 0.468 e. The molecule has 0 radical (unpaired) electrons. The van der Waals surface area contributed by atoms with Crippen molar-refractivity contribution in [2.24, 2.45) is 0 Å². The van der Waals surface area contributed by atoms with E-state index >= 15 is 0 Å². The number of furan rings is 1. The Balaban J connectivity index is 1.81. The molecule has 1 N–H and O–H groups in total. The van der Waals surface area contributed by atoms with E-state index in [2.05, 4.69) is 21.2 Å². The number of hydrogen-bond acceptors (Lipinski definition) is 3. The van der Waals surface area contributed by atoms with Crippen molar-refractivity contribution < 1.29 is 9.21 Å². The number of amides is 1. The molecule has 1 aromatic heterocycles. The number of halogens is 1. The zero-order chi connectivity index (χ0) is 14.4. The number of anilines is 1. The van der Waals surface area contributed by atoms with Gasteiger partial charge in [-0.1, -0.05) is 15.9 Å². The highest BCUT2D eigenvalue weighted by Gasteiger charge is 2.00. The van der Waals surface area contributed by atoms with Crippen molar-refractivity contribution in [3.63, 3.8) is 0 Å². The zero-order valence-electron chi connectivity index (χ0n) is 10.9. The fourth-order valence-electron chi connectivity index (χ4n) is 1.54. The molecular weight excluding hydrogens is 338 g/mol. The van der Waals surface area contributed by atoms with Gasteiger partial charge in [-0.2, -0.15) is 0 Å². The van der Waals surface area contributed by atoms with E-state index in [9.17, 15) is 4.79 Å². The van der Waals surface area contributed by atoms with Crippen molar-refractivity contribution in [2.75, 3.05) is 5.32 Å². The molecule has 0 aliphatic rings. The lowest BCUT2D eigenvalue weighted by atomic mass is 10.2. The Kier molecular flexibility index (Phi) is 5.49. The third-order valence-electron chi connectivity index (χ3n) is 2.55. The van der Waals surface area contributed by atoms with Crippen LogP contribution >= 0.6 is 27.7 Å². The van der Waals surface area contributed by atoms with Gasteiger partial charge in [-0.25, -0.2) is 0 Å². The second-order valence-corrected chi connectivity index (χ2v) is 5.89. The molecule has 0 aliphatic heterocycles. The first-order valence-corrected chi connectivity index (χ1v) is 7.87. The van der Waals surface area contributed by atoms with Gasteiger partial charge < -0.3 is 9.73 Å². The van der Waals surface area contributed by atoms with Crippen LogP contribution in [-0.4, -0.2) is 5.91 Å². The van der Waals surface area contributed by atoms with Crippen LogP contribution in [0, 0.1) is 6.92 Å². The minimum atomic E-state index is -0.140. The van der Waals surface area contributed by atoms with Gasteiger partial charge in [-0.05, 0) is 48.2 Å². The van der Waals surface area contributed by atoms with E-state index < -0.39 is 0 Å². The minimum Gasteiger partial charge on any atom is -0.468 e. The summed E-state index contributed by atoms with van der Waals surface area (Å²) in [5.74, 6) is 1.47. The van der Waals surface area contributed by atoms with Gasteiger partial charge in [0, 0.05) is 16.2 Å². The maximum Gasteiger partial charge on any atom is 0.248 e. The first-order valence-electron chi connectivity index (χ1n) is 6.03. The van der Waals surface area contributed by atoms with Crippen LogP contribution in [0.2, 0.25) is 0 Å². The number of carbonyl (C=O) groups is 1. The van der Waals surface area contributed by atoms with Gasteiger partial charge in [0.15, 0.2) is 0 Å². The zero-order valence-corrected chi connectivity index (χ0v) is 13.3. The van der Waals surface area contributed by atoms with E-state index in [1.54, 1.807) is 11.7 Å². The lowest BCUT2D eigenvalue weighted by molar-refractivity contribution is -0.111. The van der Waals surface area contributed by atoms with Gasteiger partial charge in [0.1, 0.15) is 5.76 Å². The third-order valence-corrected chi connectivity index (χ3v) is 4.22. The molecule has 2 aromatic rings. The van der Waals surface area contributed by atoms with Crippen molar-refractivity contribution in [2.45, 2.75) is 12.7 Å². The molecule has 1 heterocycles. The molecule has 0 aliphatic carbocycles. The summed E-state index contributed by atoms with van der Waals surface area (Å²) in [7, 11) is 0. The van der Waals surface area contributed by atoms with Crippen molar-refractivity contribution in [1.82, 2.24) is 0 Å². The lowest BCUT2D eigenvalue weighted by Crippen LogP contribution is -2.07. The van der Waals surface area contributed by atoms with Gasteiger partial charge in [0.05, 0.1) is 12.0 Å². The van der Waals surface area contributed by atoms with Crippen LogP contribution in [0.3, 0.4) is 0 Å². The van der Waals surface area contributed by atoms with Crippen LogP contribution in [0.15, 0.2) is 57.0 Å². The van der Waals surface area contributed by atoms with Crippen LogP contribution < -0.4 is 5.32 Å². The first-order chi connectivity index (χ1) is 9.65. The van der Waals surface area contributed by atoms with Gasteiger partial charge in [-0.3, -0.25) is 4.79 Å². The molecular formula is C15H14BrNO2S. The molecule has 0 saturated heterocycles. The maximum absolute atomic E-state index is 11.7. The number of rotatable bonds is 5. The van der Waals surface area contributed by atoms with Crippen molar-refractivity contribution in [1.29, 1.82) is 0 Å². The van der Waals surface area contributed by atoms with E-state index in [1.807, 2.05) is 37.3 Å². The van der Waals surface area contributed by atoms with Crippen LogP contribution in [0.4, 0.5) is 5.69 Å². The highest BCUT2D eigenvalue weighted by atomic mass is 79.9. The standard InChI is InChI=1S/C15H14BrNO2S/c1-11-9-12(4-5-14(11)16)17-15(18)6-8-20-10-13-3-2-7-19-13/h2-9H,10H2,1H3,(H,17,18)/b8-6+. The van der Waals surface area contributed by atoms with Gasteiger partial charge >= 0.3 is 0 Å². The number of thioether (sulfide) groups is 1. The number of carbonyl (C=O) groups excluding carboxylic acids is 1. The van der Waals surface area contributed by atoms with Gasteiger partial charge in [0.2, 0.25) is 5.91 Å². The second-order valence-electron chi connectivity index (χ2n) is 4.15. The summed E-state index contributed by atoms with van der Waals surface area (Å²) in [5.41, 5.74) is 1.87. The van der Waals surface area contributed by atoms with E-state index in [0.717, 1.165) is 21.5 Å². The maximum atomic E-state index is 11.7. The highest BCUT2D eigenvalue weighted by molar-refractivity contribution is 9.10. The molecule has 3 nitrogen and oxygen atoms in total. The topological polar surface area (TPSA) is 42.2 Å². The Morgan fingerprint density at radius 1 is 1.45 bits per heavy atom. The molecule has 20 heavy (non-hydrogen) atoms. The Hall–Kier alpha value is -1.46. The molecule has 0 fully saturated rings. The van der Waals surface area contributed by atoms with E-state index in [1.165, 1.54) is 17.8 Å². The Morgan fingerprint density at radius 2 is 2.30 bits per heavy atom. The highest BCUT2D eigenvalue weighted by Crippen LogP contribution is 2.20. The molecule has 0 saturated carbocycles. The van der Waals surface area contributed by atoms with Crippen LogP contribution in [-0.2, 0) is 10.5 Å². The van der Waals surface area contributed by atoms with Crippen LogP contribution in [0.5, 0.6) is 0 Å². The monoisotopic (exact) mass is 351 g/mol. The predicted molar refractivity (Wildman–Crippen MR) is 86.7 cm³/mol. The summed E-state index contributed by atoms with van der Waals surface area (Å²) in [6.07, 6.45) is 3.16. The molecule has 5 heteroatoms. The molecule has 0 spiro atoms. The van der Waals surface area contributed by atoms with Crippen molar-refractivity contribution >= 4 is 39.3 Å². The van der Waals surface area contributed by atoms with Gasteiger partial charge in [-0.15, -0.1) is 11.8 Å². The summed E-state index contributed by atoms with van der Waals surface area (Å²) >= 11 is 4.94. The summed E-state index contributed by atoms with van der Waals surface area (Å²) in [6.45, 7) is 1.98. The molecule has 1 amide bonds. The SMILES string of the molecule is Cc1cc(NC(=O)/C=C/SCc2ccco2)ccc1Br. The molecule has 1 aromatic carbocycles. The Labute approximate surface area is 130 Å². The van der Waals surface area contributed by atoms with Crippen LogP contribution in [0.25, 0.3) is 0 Å². The smallest absolute Gasteiger partial charge is 0.248 e. The number of aryl methyl sites for hydroxylation is 1. The molecule has 104 valence electrons. The Morgan fingerprint density at radius 3 is 3.00 bits per heavy atom. The first kappa shape index (κ1) is 14.9. The van der Waals surface area contributed by atoms with Gasteiger partial charge in [0.25, 0.3) is 0 Å². The quantitative estimate of drug-likeness (QED) is 0.791. The van der Waals surface area contributed by atoms with E-state index in [0.29, 0.717) is 5.75 Å². The predicted octanol–water partition coefficient (Wildman–Crippen LogP) is 4.74. The molecule has 0 atom stereocenters. The Bertz CT molecular complexity index is 608. The van der Waals surface area contributed by atoms with Crippen LogP contribution in [0.1, 0.15) is 11.3 Å². The van der Waals surface area contributed by atoms with E-state index in [4.69, 9.17) is 4.42 Å². The summed E-state index contributed by atoms with van der Waals surface area (Å²) in [4.78, 5) is 11.7. The average molecular weight is 352 g/mol. The lowest BCUT2D eigenvalue weighted by Gasteiger charge is -2.04. The molecule has 2 rings (SSSR count). The molecule has 0 unspecified atom stereocenters. The molecule has 0 bridgehead atoms. The average Bonchev–Trinajstić information content (AvgIpc) is 2.92. The fourth-order valence-corrected chi connectivity index (χ4v) is 2.43. The fraction of sp³-hybridized carbons (Fsp3) is 0.133. The normalized spacial score (nSPS) is 10.9. The minimum absolute atomic E-state index is 0.140. The number of benzene rings is 1. The third kappa shape index (κ3) is 4.58. The van der Waals surface area contributed by atoms with Crippen molar-refractivity contribution in [3.05, 3.63) is 63.9 Å². The van der Waals surface area contributed by atoms with Crippen molar-refractivity contribution in [3.8, 4) is 0 Å². The van der Waals surface area contributed by atoms with E-state index in [-0.39, 0.29) is 5.91 Å². The summed E-state index contributed by atoms with van der Waals surface area (Å²) in [6, 6.07) is 9.46. The second kappa shape index (κ2) is 7.36. The summed E-state index contributed by atoms with van der Waals surface area (Å²) < 4.78 is 6.23. The summed E-state index contributed by atoms with van der Waals surface area (Å²) in [5, 5.41) is 4.59.